The van der Waals surface area contributed by atoms with Crippen molar-refractivity contribution in [3.8, 4) is 0 Å². The van der Waals surface area contributed by atoms with Crippen LogP contribution in [0.3, 0.4) is 0 Å². The van der Waals surface area contributed by atoms with E-state index in [2.05, 4.69) is 5.32 Å². The lowest BCUT2D eigenvalue weighted by atomic mass is 10.1. The zero-order chi connectivity index (χ0) is 26.3. The van der Waals surface area contributed by atoms with E-state index in [0.717, 1.165) is 23.4 Å². The Morgan fingerprint density at radius 2 is 1.63 bits per heavy atom. The van der Waals surface area contributed by atoms with E-state index in [0.29, 0.717) is 17.1 Å². The summed E-state index contributed by atoms with van der Waals surface area (Å²) in [7, 11) is -3.97. The van der Waals surface area contributed by atoms with Crippen molar-refractivity contribution < 1.29 is 18.0 Å². The Kier molecular flexibility index (Phi) is 11.0. The van der Waals surface area contributed by atoms with Gasteiger partial charge in [-0.1, -0.05) is 77.9 Å². The molecular formula is C23H27Cl4N3O4S. The van der Waals surface area contributed by atoms with Crippen molar-refractivity contribution in [2.75, 3.05) is 23.7 Å². The number of benzene rings is 2. The molecule has 0 spiro atoms. The Labute approximate surface area is 226 Å². The Morgan fingerprint density at radius 3 is 2.23 bits per heavy atom. The molecule has 0 heterocycles. The third-order valence-electron chi connectivity index (χ3n) is 5.23. The van der Waals surface area contributed by atoms with Crippen LogP contribution in [-0.4, -0.2) is 50.5 Å². The molecule has 0 aliphatic heterocycles. The summed E-state index contributed by atoms with van der Waals surface area (Å²) in [6, 6.07) is 8.58. The second kappa shape index (κ2) is 13.0. The van der Waals surface area contributed by atoms with Gasteiger partial charge in [0.05, 0.1) is 27.0 Å². The first-order chi connectivity index (χ1) is 16.4. The SMILES string of the molecule is CCCCNC(=O)C(C)N(Cc1ccccc1Cl)C(=O)CN(c1cc(Cl)c(Cl)cc1Cl)S(C)(=O)=O. The summed E-state index contributed by atoms with van der Waals surface area (Å²) in [6.45, 7) is 3.41. The van der Waals surface area contributed by atoms with E-state index in [9.17, 15) is 18.0 Å². The summed E-state index contributed by atoms with van der Waals surface area (Å²) in [5.41, 5.74) is 0.601. The standard InChI is InChI=1S/C23H27Cl4N3O4S/c1-4-5-10-28-23(32)15(2)29(13-16-8-6-7-9-17(16)24)22(31)14-30(35(3,33)34)21-12-19(26)18(25)11-20(21)27/h6-9,11-12,15H,4-5,10,13-14H2,1-3H3,(H,28,32). The molecule has 2 aromatic rings. The lowest BCUT2D eigenvalue weighted by Gasteiger charge is -2.32. The van der Waals surface area contributed by atoms with Gasteiger partial charge in [0.15, 0.2) is 0 Å². The van der Waals surface area contributed by atoms with E-state index >= 15 is 0 Å². The molecule has 0 radical (unpaired) electrons. The van der Waals surface area contributed by atoms with Crippen LogP contribution in [0.1, 0.15) is 32.3 Å². The molecule has 35 heavy (non-hydrogen) atoms. The van der Waals surface area contributed by atoms with E-state index in [-0.39, 0.29) is 33.2 Å². The highest BCUT2D eigenvalue weighted by atomic mass is 35.5. The molecule has 0 saturated carbocycles. The van der Waals surface area contributed by atoms with Gasteiger partial charge in [0.1, 0.15) is 12.6 Å². The third kappa shape index (κ3) is 8.15. The molecule has 2 amide bonds. The minimum Gasteiger partial charge on any atom is -0.354 e. The minimum atomic E-state index is -3.97. The van der Waals surface area contributed by atoms with Crippen molar-refractivity contribution in [2.24, 2.45) is 0 Å². The second-order valence-corrected chi connectivity index (χ2v) is 11.5. The maximum Gasteiger partial charge on any atom is 0.244 e. The number of anilines is 1. The molecule has 7 nitrogen and oxygen atoms in total. The molecule has 192 valence electrons. The summed E-state index contributed by atoms with van der Waals surface area (Å²) in [5.74, 6) is -0.993. The van der Waals surface area contributed by atoms with Gasteiger partial charge in [0.2, 0.25) is 21.8 Å². The molecular weight excluding hydrogens is 556 g/mol. The first kappa shape index (κ1) is 29.5. The number of nitrogens with zero attached hydrogens (tertiary/aromatic N) is 2. The Bertz CT molecular complexity index is 1180. The van der Waals surface area contributed by atoms with E-state index in [1.807, 2.05) is 6.92 Å². The normalized spacial score (nSPS) is 12.2. The van der Waals surface area contributed by atoms with Crippen LogP contribution in [0.4, 0.5) is 5.69 Å². The molecule has 1 unspecified atom stereocenters. The van der Waals surface area contributed by atoms with Gasteiger partial charge >= 0.3 is 0 Å². The summed E-state index contributed by atoms with van der Waals surface area (Å²) in [4.78, 5) is 27.6. The number of carbonyl (C=O) groups is 2. The number of amides is 2. The van der Waals surface area contributed by atoms with Crippen LogP contribution in [0.2, 0.25) is 20.1 Å². The summed E-state index contributed by atoms with van der Waals surface area (Å²) < 4.78 is 26.1. The largest absolute Gasteiger partial charge is 0.354 e. The van der Waals surface area contributed by atoms with Crippen LogP contribution >= 0.6 is 46.4 Å². The molecule has 1 atom stereocenters. The summed E-state index contributed by atoms with van der Waals surface area (Å²) in [5, 5.41) is 3.43. The highest BCUT2D eigenvalue weighted by molar-refractivity contribution is 7.92. The van der Waals surface area contributed by atoms with Gasteiger partial charge in [-0.05, 0) is 37.1 Å². The van der Waals surface area contributed by atoms with Gasteiger partial charge in [-0.3, -0.25) is 13.9 Å². The number of rotatable bonds is 11. The molecule has 0 bridgehead atoms. The number of nitrogens with one attached hydrogen (secondary N) is 1. The maximum absolute atomic E-state index is 13.5. The van der Waals surface area contributed by atoms with Gasteiger partial charge in [0.25, 0.3) is 0 Å². The monoisotopic (exact) mass is 581 g/mol. The molecule has 0 fully saturated rings. The molecule has 1 N–H and O–H groups in total. The quantitative estimate of drug-likeness (QED) is 0.284. The smallest absolute Gasteiger partial charge is 0.244 e. The number of unbranched alkanes of at least 4 members (excludes halogenated alkanes) is 1. The van der Waals surface area contributed by atoms with Gasteiger partial charge in [-0.15, -0.1) is 0 Å². The fourth-order valence-corrected chi connectivity index (χ4v) is 4.97. The van der Waals surface area contributed by atoms with Gasteiger partial charge in [-0.2, -0.15) is 0 Å². The first-order valence-corrected chi connectivity index (χ1v) is 14.2. The van der Waals surface area contributed by atoms with E-state index < -0.39 is 28.5 Å². The van der Waals surface area contributed by atoms with Crippen LogP contribution < -0.4 is 9.62 Å². The van der Waals surface area contributed by atoms with E-state index in [1.165, 1.54) is 17.0 Å². The lowest BCUT2D eigenvalue weighted by Crippen LogP contribution is -2.51. The first-order valence-electron chi connectivity index (χ1n) is 10.8. The molecule has 2 aromatic carbocycles. The lowest BCUT2D eigenvalue weighted by molar-refractivity contribution is -0.139. The molecule has 0 aliphatic carbocycles. The topological polar surface area (TPSA) is 86.8 Å². The number of hydrogen-bond acceptors (Lipinski definition) is 4. The molecule has 2 rings (SSSR count). The summed E-state index contributed by atoms with van der Waals surface area (Å²) in [6.07, 6.45) is 2.62. The fraction of sp³-hybridized carbons (Fsp3) is 0.391. The molecule has 0 aromatic heterocycles. The van der Waals surface area contributed by atoms with Gasteiger partial charge in [-0.25, -0.2) is 8.42 Å². The van der Waals surface area contributed by atoms with Crippen molar-refractivity contribution in [1.82, 2.24) is 10.2 Å². The Hall–Kier alpha value is -1.71. The Balaban J connectivity index is 2.43. The molecule has 0 aliphatic rings. The highest BCUT2D eigenvalue weighted by Crippen LogP contribution is 2.35. The van der Waals surface area contributed by atoms with Crippen molar-refractivity contribution in [2.45, 2.75) is 39.3 Å². The predicted molar refractivity (Wildman–Crippen MR) is 143 cm³/mol. The average Bonchev–Trinajstić information content (AvgIpc) is 2.78. The second-order valence-electron chi connectivity index (χ2n) is 7.92. The zero-order valence-corrected chi connectivity index (χ0v) is 23.4. The van der Waals surface area contributed by atoms with Gasteiger partial charge in [0, 0.05) is 18.1 Å². The Morgan fingerprint density at radius 1 is 1.00 bits per heavy atom. The van der Waals surface area contributed by atoms with E-state index in [4.69, 9.17) is 46.4 Å². The highest BCUT2D eigenvalue weighted by Gasteiger charge is 2.31. The molecule has 0 saturated heterocycles. The van der Waals surface area contributed by atoms with Crippen LogP contribution in [0.25, 0.3) is 0 Å². The number of carbonyl (C=O) groups excluding carboxylic acids is 2. The fourth-order valence-electron chi connectivity index (χ4n) is 3.23. The van der Waals surface area contributed by atoms with Crippen molar-refractivity contribution in [3.05, 3.63) is 62.1 Å². The predicted octanol–water partition coefficient (Wildman–Crippen LogP) is 5.40. The molecule has 12 heteroatoms. The van der Waals surface area contributed by atoms with Crippen molar-refractivity contribution in [3.63, 3.8) is 0 Å². The van der Waals surface area contributed by atoms with E-state index in [1.54, 1.807) is 31.2 Å². The van der Waals surface area contributed by atoms with Crippen molar-refractivity contribution in [1.29, 1.82) is 0 Å². The third-order valence-corrected chi connectivity index (χ3v) is 7.75. The van der Waals surface area contributed by atoms with Crippen LogP contribution in [0.5, 0.6) is 0 Å². The minimum absolute atomic E-state index is 0.000589. The zero-order valence-electron chi connectivity index (χ0n) is 19.5. The van der Waals surface area contributed by atoms with Crippen LogP contribution in [0.15, 0.2) is 36.4 Å². The average molecular weight is 583 g/mol. The van der Waals surface area contributed by atoms with Gasteiger partial charge < -0.3 is 10.2 Å². The van der Waals surface area contributed by atoms with Crippen LogP contribution in [-0.2, 0) is 26.2 Å². The number of halogens is 4. The maximum atomic E-state index is 13.5. The summed E-state index contributed by atoms with van der Waals surface area (Å²) >= 11 is 24.6. The van der Waals surface area contributed by atoms with Crippen LogP contribution in [0, 0.1) is 0 Å². The number of sulfonamides is 1. The number of hydrogen-bond donors (Lipinski definition) is 1. The van der Waals surface area contributed by atoms with Crippen molar-refractivity contribution >= 4 is 73.9 Å².